The highest BCUT2D eigenvalue weighted by atomic mass is 35.5. The van der Waals surface area contributed by atoms with Crippen LogP contribution in [0.1, 0.15) is 10.4 Å². The lowest BCUT2D eigenvalue weighted by Crippen LogP contribution is -2.12. The average molecular weight is 311 g/mol. The van der Waals surface area contributed by atoms with Gasteiger partial charge in [-0.3, -0.25) is 4.79 Å². The van der Waals surface area contributed by atoms with E-state index in [0.717, 1.165) is 0 Å². The summed E-state index contributed by atoms with van der Waals surface area (Å²) in [6.45, 7) is 0. The van der Waals surface area contributed by atoms with Gasteiger partial charge in [0.25, 0.3) is 5.91 Å². The third-order valence-electron chi connectivity index (χ3n) is 2.66. The van der Waals surface area contributed by atoms with Crippen LogP contribution in [0.25, 0.3) is 0 Å². The maximum absolute atomic E-state index is 12.1. The van der Waals surface area contributed by atoms with Crippen molar-refractivity contribution in [3.8, 4) is 5.75 Å². The van der Waals surface area contributed by atoms with Crippen molar-refractivity contribution in [1.82, 2.24) is 0 Å². The van der Waals surface area contributed by atoms with Crippen molar-refractivity contribution >= 4 is 40.5 Å². The molecule has 0 heterocycles. The van der Waals surface area contributed by atoms with E-state index in [1.807, 2.05) is 0 Å². The molecule has 2 rings (SSSR count). The highest BCUT2D eigenvalue weighted by Crippen LogP contribution is 2.26. The summed E-state index contributed by atoms with van der Waals surface area (Å²) in [6.07, 6.45) is 0. The van der Waals surface area contributed by atoms with Gasteiger partial charge in [0.1, 0.15) is 5.75 Å². The van der Waals surface area contributed by atoms with E-state index < -0.39 is 0 Å². The summed E-state index contributed by atoms with van der Waals surface area (Å²) in [4.78, 5) is 12.1. The van der Waals surface area contributed by atoms with Gasteiger partial charge < -0.3 is 15.8 Å². The number of carbonyl (C=O) groups is 1. The van der Waals surface area contributed by atoms with Gasteiger partial charge in [-0.05, 0) is 30.3 Å². The number of ether oxygens (including phenoxy) is 1. The minimum Gasteiger partial charge on any atom is -0.495 e. The number of carbonyl (C=O) groups excluding carboxylic acids is 1. The number of nitrogens with one attached hydrogen (secondary N) is 1. The first-order valence-electron chi connectivity index (χ1n) is 5.71. The summed E-state index contributed by atoms with van der Waals surface area (Å²) >= 11 is 11.8. The standard InChI is InChI=1S/C14H12Cl2N2O2/c1-20-13-7-9(3-5-12(13)17)18-14(19)10-6-8(15)2-4-11(10)16/h2-7H,17H2,1H3,(H,18,19). The molecular weight excluding hydrogens is 299 g/mol. The number of rotatable bonds is 3. The molecular formula is C14H12Cl2N2O2. The second kappa shape index (κ2) is 6.03. The van der Waals surface area contributed by atoms with Crippen LogP contribution in [0.2, 0.25) is 10.0 Å². The van der Waals surface area contributed by atoms with E-state index in [9.17, 15) is 4.79 Å². The highest BCUT2D eigenvalue weighted by Gasteiger charge is 2.12. The molecule has 0 aromatic heterocycles. The summed E-state index contributed by atoms with van der Waals surface area (Å²) in [5.74, 6) is 0.129. The number of hydrogen-bond acceptors (Lipinski definition) is 3. The lowest BCUT2D eigenvalue weighted by molar-refractivity contribution is 0.102. The van der Waals surface area contributed by atoms with E-state index in [0.29, 0.717) is 32.7 Å². The number of hydrogen-bond donors (Lipinski definition) is 2. The molecule has 1 amide bonds. The molecule has 0 aliphatic rings. The Labute approximate surface area is 126 Å². The Hall–Kier alpha value is -1.91. The van der Waals surface area contributed by atoms with Crippen molar-refractivity contribution in [3.05, 3.63) is 52.0 Å². The van der Waals surface area contributed by atoms with Gasteiger partial charge in [0, 0.05) is 16.8 Å². The number of anilines is 2. The Balaban J connectivity index is 2.25. The van der Waals surface area contributed by atoms with Crippen molar-refractivity contribution in [3.63, 3.8) is 0 Å². The Morgan fingerprint density at radius 2 is 1.95 bits per heavy atom. The van der Waals surface area contributed by atoms with E-state index in [1.165, 1.54) is 13.2 Å². The van der Waals surface area contributed by atoms with Crippen molar-refractivity contribution in [2.45, 2.75) is 0 Å². The third-order valence-corrected chi connectivity index (χ3v) is 3.23. The van der Waals surface area contributed by atoms with E-state index in [4.69, 9.17) is 33.7 Å². The second-order valence-corrected chi connectivity index (χ2v) is 4.88. The number of amides is 1. The molecule has 0 radical (unpaired) electrons. The predicted molar refractivity (Wildman–Crippen MR) is 81.8 cm³/mol. The SMILES string of the molecule is COc1cc(NC(=O)c2cc(Cl)ccc2Cl)ccc1N. The van der Waals surface area contributed by atoms with E-state index in [-0.39, 0.29) is 5.91 Å². The summed E-state index contributed by atoms with van der Waals surface area (Å²) in [6, 6.07) is 9.65. The fourth-order valence-corrected chi connectivity index (χ4v) is 2.03. The van der Waals surface area contributed by atoms with Gasteiger partial charge >= 0.3 is 0 Å². The number of nitrogen functional groups attached to an aromatic ring is 1. The molecule has 4 nitrogen and oxygen atoms in total. The summed E-state index contributed by atoms with van der Waals surface area (Å²) < 4.78 is 5.09. The van der Waals surface area contributed by atoms with Gasteiger partial charge in [-0.25, -0.2) is 0 Å². The van der Waals surface area contributed by atoms with Gasteiger partial charge in [-0.15, -0.1) is 0 Å². The maximum Gasteiger partial charge on any atom is 0.257 e. The van der Waals surface area contributed by atoms with Gasteiger partial charge in [-0.2, -0.15) is 0 Å². The van der Waals surface area contributed by atoms with Crippen molar-refractivity contribution in [2.75, 3.05) is 18.2 Å². The maximum atomic E-state index is 12.1. The minimum atomic E-state index is -0.357. The third kappa shape index (κ3) is 3.15. The molecule has 104 valence electrons. The van der Waals surface area contributed by atoms with Crippen molar-refractivity contribution in [1.29, 1.82) is 0 Å². The molecule has 2 aromatic carbocycles. The second-order valence-electron chi connectivity index (χ2n) is 4.04. The van der Waals surface area contributed by atoms with Crippen LogP contribution in [0.15, 0.2) is 36.4 Å². The Morgan fingerprint density at radius 1 is 1.20 bits per heavy atom. The average Bonchev–Trinajstić information content (AvgIpc) is 2.43. The molecule has 0 unspecified atom stereocenters. The molecule has 0 saturated carbocycles. The zero-order chi connectivity index (χ0) is 14.7. The van der Waals surface area contributed by atoms with Gasteiger partial charge in [0.2, 0.25) is 0 Å². The molecule has 2 aromatic rings. The van der Waals surface area contributed by atoms with E-state index >= 15 is 0 Å². The van der Waals surface area contributed by atoms with E-state index in [1.54, 1.807) is 30.3 Å². The van der Waals surface area contributed by atoms with Crippen molar-refractivity contribution in [2.24, 2.45) is 0 Å². The monoisotopic (exact) mass is 310 g/mol. The van der Waals surface area contributed by atoms with Crippen LogP contribution in [0.4, 0.5) is 11.4 Å². The normalized spacial score (nSPS) is 10.2. The van der Waals surface area contributed by atoms with Crippen molar-refractivity contribution < 1.29 is 9.53 Å². The molecule has 20 heavy (non-hydrogen) atoms. The number of methoxy groups -OCH3 is 1. The molecule has 0 spiro atoms. The lowest BCUT2D eigenvalue weighted by atomic mass is 10.2. The van der Waals surface area contributed by atoms with Gasteiger partial charge in [0.05, 0.1) is 23.4 Å². The quantitative estimate of drug-likeness (QED) is 0.847. The Morgan fingerprint density at radius 3 is 2.65 bits per heavy atom. The van der Waals surface area contributed by atoms with Crippen LogP contribution < -0.4 is 15.8 Å². The summed E-state index contributed by atoms with van der Waals surface area (Å²) in [7, 11) is 1.51. The molecule has 0 aliphatic heterocycles. The Bertz CT molecular complexity index is 660. The van der Waals surface area contributed by atoms with Crippen LogP contribution in [-0.4, -0.2) is 13.0 Å². The highest BCUT2D eigenvalue weighted by molar-refractivity contribution is 6.36. The zero-order valence-electron chi connectivity index (χ0n) is 10.6. The number of benzene rings is 2. The minimum absolute atomic E-state index is 0.301. The first kappa shape index (κ1) is 14.5. The van der Waals surface area contributed by atoms with Crippen LogP contribution in [-0.2, 0) is 0 Å². The molecule has 6 heteroatoms. The fraction of sp³-hybridized carbons (Fsp3) is 0.0714. The number of nitrogens with two attached hydrogens (primary N) is 1. The topological polar surface area (TPSA) is 64.3 Å². The molecule has 0 fully saturated rings. The Kier molecular flexibility index (Phi) is 4.37. The zero-order valence-corrected chi connectivity index (χ0v) is 12.1. The molecule has 0 bridgehead atoms. The van der Waals surface area contributed by atoms with Crippen LogP contribution >= 0.6 is 23.2 Å². The van der Waals surface area contributed by atoms with Crippen LogP contribution in [0, 0.1) is 0 Å². The van der Waals surface area contributed by atoms with Gasteiger partial charge in [-0.1, -0.05) is 23.2 Å². The first-order chi connectivity index (χ1) is 9.51. The largest absolute Gasteiger partial charge is 0.495 e. The predicted octanol–water partition coefficient (Wildman–Crippen LogP) is 3.84. The lowest BCUT2D eigenvalue weighted by Gasteiger charge is -2.10. The van der Waals surface area contributed by atoms with E-state index in [2.05, 4.69) is 5.32 Å². The summed E-state index contributed by atoms with van der Waals surface area (Å²) in [5, 5.41) is 3.48. The summed E-state index contributed by atoms with van der Waals surface area (Å²) in [5.41, 5.74) is 7.06. The molecule has 0 saturated heterocycles. The first-order valence-corrected chi connectivity index (χ1v) is 6.47. The van der Waals surface area contributed by atoms with Gasteiger partial charge in [0.15, 0.2) is 0 Å². The number of halogens is 2. The fourth-order valence-electron chi connectivity index (χ4n) is 1.66. The smallest absolute Gasteiger partial charge is 0.257 e. The van der Waals surface area contributed by atoms with Crippen LogP contribution in [0.5, 0.6) is 5.75 Å². The molecule has 0 aliphatic carbocycles. The molecule has 0 atom stereocenters. The van der Waals surface area contributed by atoms with Crippen LogP contribution in [0.3, 0.4) is 0 Å². The molecule has 3 N–H and O–H groups in total.